The molecule has 1 aromatic heterocycles. The minimum absolute atomic E-state index is 0.541. The molecule has 1 N–H and O–H groups in total. The standard InChI is InChI=1S/C15H26N2S/c1-4-8-16-15(14-10-17-12(3)18-14)13-7-5-6-11(2)9-13/h10-11,13,15-16H,4-9H2,1-3H3. The van der Waals surface area contributed by atoms with E-state index in [1.165, 1.54) is 42.0 Å². The summed E-state index contributed by atoms with van der Waals surface area (Å²) in [6, 6.07) is 0.541. The second-order valence-corrected chi connectivity index (χ2v) is 7.01. The summed E-state index contributed by atoms with van der Waals surface area (Å²) in [5.41, 5.74) is 0. The lowest BCUT2D eigenvalue weighted by Gasteiger charge is -2.33. The number of thiazole rings is 1. The third kappa shape index (κ3) is 3.55. The lowest BCUT2D eigenvalue weighted by Crippen LogP contribution is -2.31. The molecular weight excluding hydrogens is 240 g/mol. The molecule has 2 nitrogen and oxygen atoms in total. The molecule has 18 heavy (non-hydrogen) atoms. The zero-order valence-corrected chi connectivity index (χ0v) is 12.7. The zero-order chi connectivity index (χ0) is 13.0. The van der Waals surface area contributed by atoms with Crippen molar-refractivity contribution in [2.45, 2.75) is 58.9 Å². The van der Waals surface area contributed by atoms with Gasteiger partial charge in [0.2, 0.25) is 0 Å². The van der Waals surface area contributed by atoms with Crippen LogP contribution in [0.25, 0.3) is 0 Å². The fourth-order valence-corrected chi connectivity index (χ4v) is 4.06. The fraction of sp³-hybridized carbons (Fsp3) is 0.800. The Morgan fingerprint density at radius 1 is 1.50 bits per heavy atom. The Morgan fingerprint density at radius 3 is 2.94 bits per heavy atom. The van der Waals surface area contributed by atoms with Gasteiger partial charge >= 0.3 is 0 Å². The number of nitrogens with one attached hydrogen (secondary N) is 1. The van der Waals surface area contributed by atoms with E-state index in [1.807, 2.05) is 11.3 Å². The second-order valence-electron chi connectivity index (χ2n) is 5.75. The van der Waals surface area contributed by atoms with E-state index in [0.29, 0.717) is 6.04 Å². The van der Waals surface area contributed by atoms with Crippen LogP contribution >= 0.6 is 11.3 Å². The Kier molecular flexibility index (Phi) is 5.19. The van der Waals surface area contributed by atoms with Gasteiger partial charge in [0.15, 0.2) is 0 Å². The smallest absolute Gasteiger partial charge is 0.0897 e. The van der Waals surface area contributed by atoms with Crippen LogP contribution in [0.1, 0.15) is 61.9 Å². The van der Waals surface area contributed by atoms with Gasteiger partial charge in [0.05, 0.1) is 5.01 Å². The highest BCUT2D eigenvalue weighted by Crippen LogP contribution is 2.38. The number of aryl methyl sites for hydroxylation is 1. The first-order valence-electron chi connectivity index (χ1n) is 7.36. The summed E-state index contributed by atoms with van der Waals surface area (Å²) in [6.07, 6.45) is 8.86. The molecule has 1 aliphatic rings. The highest BCUT2D eigenvalue weighted by Gasteiger charge is 2.28. The van der Waals surface area contributed by atoms with Gasteiger partial charge in [0.1, 0.15) is 0 Å². The maximum absolute atomic E-state index is 4.44. The molecule has 1 aliphatic carbocycles. The molecule has 0 saturated heterocycles. The number of aromatic nitrogens is 1. The van der Waals surface area contributed by atoms with Crippen LogP contribution in [0.5, 0.6) is 0 Å². The predicted molar refractivity (Wildman–Crippen MR) is 79.0 cm³/mol. The van der Waals surface area contributed by atoms with Crippen molar-refractivity contribution in [1.82, 2.24) is 10.3 Å². The summed E-state index contributed by atoms with van der Waals surface area (Å²) in [5, 5.41) is 4.95. The SMILES string of the molecule is CCCNC(c1cnc(C)s1)C1CCCC(C)C1. The quantitative estimate of drug-likeness (QED) is 0.858. The summed E-state index contributed by atoms with van der Waals surface area (Å²) >= 11 is 1.87. The van der Waals surface area contributed by atoms with Crippen LogP contribution in [0.2, 0.25) is 0 Å². The van der Waals surface area contributed by atoms with Gasteiger partial charge in [0, 0.05) is 17.1 Å². The highest BCUT2D eigenvalue weighted by atomic mass is 32.1. The van der Waals surface area contributed by atoms with Crippen molar-refractivity contribution >= 4 is 11.3 Å². The monoisotopic (exact) mass is 266 g/mol. The molecule has 1 saturated carbocycles. The summed E-state index contributed by atoms with van der Waals surface area (Å²) < 4.78 is 0. The van der Waals surface area contributed by atoms with Gasteiger partial charge in [-0.05, 0) is 44.6 Å². The van der Waals surface area contributed by atoms with Gasteiger partial charge in [0.25, 0.3) is 0 Å². The van der Waals surface area contributed by atoms with E-state index in [0.717, 1.165) is 18.4 Å². The summed E-state index contributed by atoms with van der Waals surface area (Å²) in [6.45, 7) is 7.87. The third-order valence-electron chi connectivity index (χ3n) is 4.01. The van der Waals surface area contributed by atoms with E-state index in [4.69, 9.17) is 0 Å². The van der Waals surface area contributed by atoms with E-state index in [1.54, 1.807) is 0 Å². The average Bonchev–Trinajstić information content (AvgIpc) is 2.76. The molecule has 0 bridgehead atoms. The van der Waals surface area contributed by atoms with Gasteiger partial charge < -0.3 is 5.32 Å². The van der Waals surface area contributed by atoms with Crippen LogP contribution in [0, 0.1) is 18.8 Å². The molecule has 3 atom stereocenters. The van der Waals surface area contributed by atoms with E-state index in [2.05, 4.69) is 37.3 Å². The molecule has 0 amide bonds. The molecule has 1 aromatic rings. The molecular formula is C15H26N2S. The van der Waals surface area contributed by atoms with Gasteiger partial charge in [-0.2, -0.15) is 0 Å². The first kappa shape index (κ1) is 14.0. The molecule has 102 valence electrons. The van der Waals surface area contributed by atoms with Crippen molar-refractivity contribution in [2.24, 2.45) is 11.8 Å². The molecule has 2 rings (SSSR count). The van der Waals surface area contributed by atoms with E-state index < -0.39 is 0 Å². The van der Waals surface area contributed by atoms with E-state index in [-0.39, 0.29) is 0 Å². The Balaban J connectivity index is 2.08. The fourth-order valence-electron chi connectivity index (χ4n) is 3.10. The Morgan fingerprint density at radius 2 is 2.33 bits per heavy atom. The Hall–Kier alpha value is -0.410. The van der Waals surface area contributed by atoms with E-state index in [9.17, 15) is 0 Å². The molecule has 1 heterocycles. The average molecular weight is 266 g/mol. The Bertz CT molecular complexity index is 361. The summed E-state index contributed by atoms with van der Waals surface area (Å²) in [7, 11) is 0. The molecule has 3 unspecified atom stereocenters. The number of nitrogens with zero attached hydrogens (tertiary/aromatic N) is 1. The molecule has 1 fully saturated rings. The van der Waals surface area contributed by atoms with Crippen molar-refractivity contribution in [3.63, 3.8) is 0 Å². The van der Waals surface area contributed by atoms with Crippen LogP contribution in [-0.4, -0.2) is 11.5 Å². The van der Waals surface area contributed by atoms with Crippen LogP contribution in [0.4, 0.5) is 0 Å². The predicted octanol–water partition coefficient (Wildman–Crippen LogP) is 4.32. The first-order valence-corrected chi connectivity index (χ1v) is 8.18. The summed E-state index contributed by atoms with van der Waals surface area (Å²) in [4.78, 5) is 5.88. The summed E-state index contributed by atoms with van der Waals surface area (Å²) in [5.74, 6) is 1.70. The lowest BCUT2D eigenvalue weighted by molar-refractivity contribution is 0.225. The number of hydrogen-bond acceptors (Lipinski definition) is 3. The van der Waals surface area contributed by atoms with Crippen LogP contribution in [-0.2, 0) is 0 Å². The van der Waals surface area contributed by atoms with Crippen molar-refractivity contribution in [2.75, 3.05) is 6.54 Å². The van der Waals surface area contributed by atoms with Gasteiger partial charge in [-0.25, -0.2) is 4.98 Å². The number of hydrogen-bond donors (Lipinski definition) is 1. The minimum Gasteiger partial charge on any atom is -0.309 e. The van der Waals surface area contributed by atoms with Crippen molar-refractivity contribution in [3.05, 3.63) is 16.1 Å². The minimum atomic E-state index is 0.541. The first-order chi connectivity index (χ1) is 8.70. The van der Waals surface area contributed by atoms with Gasteiger partial charge in [-0.1, -0.05) is 26.7 Å². The van der Waals surface area contributed by atoms with Gasteiger partial charge in [-0.3, -0.25) is 0 Å². The van der Waals surface area contributed by atoms with Crippen LogP contribution < -0.4 is 5.32 Å². The second kappa shape index (κ2) is 6.67. The normalized spacial score (nSPS) is 26.2. The maximum atomic E-state index is 4.44. The zero-order valence-electron chi connectivity index (χ0n) is 11.9. The Labute approximate surface area is 115 Å². The highest BCUT2D eigenvalue weighted by molar-refractivity contribution is 7.11. The van der Waals surface area contributed by atoms with Crippen molar-refractivity contribution in [3.8, 4) is 0 Å². The topological polar surface area (TPSA) is 24.9 Å². The van der Waals surface area contributed by atoms with Crippen molar-refractivity contribution in [1.29, 1.82) is 0 Å². The molecule has 0 aliphatic heterocycles. The molecule has 0 radical (unpaired) electrons. The third-order valence-corrected chi connectivity index (χ3v) is 5.00. The van der Waals surface area contributed by atoms with Gasteiger partial charge in [-0.15, -0.1) is 11.3 Å². The lowest BCUT2D eigenvalue weighted by atomic mass is 9.78. The molecule has 0 spiro atoms. The molecule has 0 aromatic carbocycles. The maximum Gasteiger partial charge on any atom is 0.0897 e. The molecule has 3 heteroatoms. The van der Waals surface area contributed by atoms with E-state index >= 15 is 0 Å². The number of rotatable bonds is 5. The van der Waals surface area contributed by atoms with Crippen molar-refractivity contribution < 1.29 is 0 Å². The van der Waals surface area contributed by atoms with Crippen LogP contribution in [0.3, 0.4) is 0 Å². The largest absolute Gasteiger partial charge is 0.309 e. The van der Waals surface area contributed by atoms with Crippen LogP contribution in [0.15, 0.2) is 6.20 Å².